The van der Waals surface area contributed by atoms with Crippen LogP contribution >= 0.6 is 23.1 Å². The van der Waals surface area contributed by atoms with Crippen LogP contribution in [0.15, 0.2) is 47.8 Å². The summed E-state index contributed by atoms with van der Waals surface area (Å²) in [7, 11) is 0. The maximum atomic E-state index is 12.3. The predicted molar refractivity (Wildman–Crippen MR) is 94.4 cm³/mol. The highest BCUT2D eigenvalue weighted by Crippen LogP contribution is 2.36. The lowest BCUT2D eigenvalue weighted by Crippen LogP contribution is -2.40. The molecular formula is C17H20N2OS2. The third-order valence-corrected chi connectivity index (χ3v) is 6.22. The number of nitrogens with zero attached hydrogens (tertiary/aromatic N) is 1. The topological polar surface area (TPSA) is 32.3 Å². The Morgan fingerprint density at radius 2 is 2.05 bits per heavy atom. The lowest BCUT2D eigenvalue weighted by Gasteiger charge is -2.20. The van der Waals surface area contributed by atoms with Gasteiger partial charge in [-0.15, -0.1) is 11.3 Å². The van der Waals surface area contributed by atoms with Gasteiger partial charge in [-0.2, -0.15) is 11.8 Å². The van der Waals surface area contributed by atoms with E-state index < -0.39 is 0 Å². The Kier molecular flexibility index (Phi) is 5.40. The molecule has 0 unspecified atom stereocenters. The minimum absolute atomic E-state index is 0.0521. The normalized spacial score (nSPS) is 18.7. The van der Waals surface area contributed by atoms with Crippen molar-refractivity contribution < 1.29 is 4.79 Å². The third-order valence-electron chi connectivity index (χ3n) is 3.78. The minimum atomic E-state index is 0.0521. The second-order valence-corrected chi connectivity index (χ2v) is 7.58. The fourth-order valence-electron chi connectivity index (χ4n) is 2.56. The second kappa shape index (κ2) is 7.70. The van der Waals surface area contributed by atoms with Crippen molar-refractivity contribution in [1.82, 2.24) is 10.2 Å². The van der Waals surface area contributed by atoms with Gasteiger partial charge in [-0.3, -0.25) is 0 Å². The Morgan fingerprint density at radius 1 is 1.18 bits per heavy atom. The molecule has 1 aliphatic heterocycles. The van der Waals surface area contributed by atoms with E-state index >= 15 is 0 Å². The van der Waals surface area contributed by atoms with E-state index in [-0.39, 0.29) is 6.03 Å². The molecule has 3 rings (SSSR count). The lowest BCUT2D eigenvalue weighted by molar-refractivity contribution is 0.200. The first-order valence-electron chi connectivity index (χ1n) is 7.54. The minimum Gasteiger partial charge on any atom is -0.334 e. The summed E-state index contributed by atoms with van der Waals surface area (Å²) in [5.74, 6) is 1.00. The van der Waals surface area contributed by atoms with Gasteiger partial charge in [0.15, 0.2) is 0 Å². The molecule has 5 heteroatoms. The van der Waals surface area contributed by atoms with Crippen LogP contribution in [0.3, 0.4) is 0 Å². The zero-order valence-electron chi connectivity index (χ0n) is 12.4. The van der Waals surface area contributed by atoms with Crippen molar-refractivity contribution in [2.24, 2.45) is 0 Å². The maximum absolute atomic E-state index is 12.3. The summed E-state index contributed by atoms with van der Waals surface area (Å²) >= 11 is 3.78. The summed E-state index contributed by atoms with van der Waals surface area (Å²) in [6.45, 7) is 2.25. The van der Waals surface area contributed by atoms with Crippen LogP contribution in [0.2, 0.25) is 0 Å². The molecule has 0 bridgehead atoms. The number of urea groups is 1. The van der Waals surface area contributed by atoms with Gasteiger partial charge in [0.25, 0.3) is 0 Å². The summed E-state index contributed by atoms with van der Waals surface area (Å²) in [5.41, 5.74) is 1.14. The van der Waals surface area contributed by atoms with E-state index in [1.807, 2.05) is 58.3 Å². The van der Waals surface area contributed by atoms with Gasteiger partial charge < -0.3 is 10.2 Å². The fraction of sp³-hybridized carbons (Fsp3) is 0.353. The summed E-state index contributed by atoms with van der Waals surface area (Å²) in [4.78, 5) is 15.7. The number of benzene rings is 1. The molecule has 2 amide bonds. The number of hydrogen-bond donors (Lipinski definition) is 1. The van der Waals surface area contributed by atoms with Crippen molar-refractivity contribution in [1.29, 1.82) is 0 Å². The number of thioether (sulfide) groups is 1. The monoisotopic (exact) mass is 332 g/mol. The van der Waals surface area contributed by atoms with Crippen LogP contribution in [0.5, 0.6) is 0 Å². The Labute approximate surface area is 139 Å². The van der Waals surface area contributed by atoms with E-state index in [9.17, 15) is 4.79 Å². The molecule has 1 fully saturated rings. The first-order chi connectivity index (χ1) is 10.8. The number of nitrogens with one attached hydrogen (secondary N) is 1. The zero-order valence-corrected chi connectivity index (χ0v) is 14.0. The smallest absolute Gasteiger partial charge is 0.317 e. The van der Waals surface area contributed by atoms with E-state index in [1.54, 1.807) is 0 Å². The van der Waals surface area contributed by atoms with E-state index in [2.05, 4.69) is 22.8 Å². The number of carbonyl (C=O) groups is 1. The van der Waals surface area contributed by atoms with Crippen LogP contribution in [0.4, 0.5) is 4.79 Å². The highest BCUT2D eigenvalue weighted by Gasteiger charge is 2.22. The van der Waals surface area contributed by atoms with Crippen LogP contribution in [0, 0.1) is 0 Å². The Hall–Kier alpha value is -1.46. The van der Waals surface area contributed by atoms with Crippen LogP contribution in [0.25, 0.3) is 0 Å². The van der Waals surface area contributed by atoms with Gasteiger partial charge >= 0.3 is 6.03 Å². The number of thiophene rings is 1. The molecule has 1 aliphatic rings. The molecular weight excluding hydrogens is 312 g/mol. The standard InChI is InChI=1S/C17H20N2OS2/c20-17(18-13-14-5-2-1-3-6-14)19-9-8-16(22-12-10-19)15-7-4-11-21-15/h1-7,11,16H,8-10,12-13H2,(H,18,20)/t16-/m1/s1. The van der Waals surface area contributed by atoms with E-state index in [0.717, 1.165) is 30.8 Å². The van der Waals surface area contributed by atoms with Crippen LogP contribution in [0.1, 0.15) is 22.1 Å². The average Bonchev–Trinajstić information content (AvgIpc) is 2.98. The van der Waals surface area contributed by atoms with Crippen molar-refractivity contribution in [2.75, 3.05) is 18.8 Å². The van der Waals surface area contributed by atoms with Gasteiger partial charge in [0.1, 0.15) is 0 Å². The number of amides is 2. The SMILES string of the molecule is O=C(NCc1ccccc1)N1CCS[C@@H](c2cccs2)CC1. The molecule has 0 aliphatic carbocycles. The van der Waals surface area contributed by atoms with Crippen LogP contribution in [-0.2, 0) is 6.54 Å². The molecule has 116 valence electrons. The second-order valence-electron chi connectivity index (χ2n) is 5.29. The van der Waals surface area contributed by atoms with Crippen molar-refractivity contribution in [3.8, 4) is 0 Å². The first kappa shape index (κ1) is 15.4. The summed E-state index contributed by atoms with van der Waals surface area (Å²) in [5, 5.41) is 5.69. The number of carbonyl (C=O) groups excluding carboxylic acids is 1. The molecule has 1 aromatic carbocycles. The molecule has 1 aromatic heterocycles. The molecule has 22 heavy (non-hydrogen) atoms. The fourth-order valence-corrected chi connectivity index (χ4v) is 4.80. The third kappa shape index (κ3) is 4.05. The molecule has 1 atom stereocenters. The highest BCUT2D eigenvalue weighted by atomic mass is 32.2. The van der Waals surface area contributed by atoms with Gasteiger partial charge in [0.05, 0.1) is 0 Å². The molecule has 0 saturated carbocycles. The van der Waals surface area contributed by atoms with E-state index in [0.29, 0.717) is 11.8 Å². The molecule has 2 heterocycles. The number of hydrogen-bond acceptors (Lipinski definition) is 3. The predicted octanol–water partition coefficient (Wildman–Crippen LogP) is 4.14. The zero-order chi connectivity index (χ0) is 15.2. The van der Waals surface area contributed by atoms with Crippen molar-refractivity contribution >= 4 is 29.1 Å². The molecule has 1 N–H and O–H groups in total. The van der Waals surface area contributed by atoms with Gasteiger partial charge in [0, 0.05) is 35.5 Å². The Morgan fingerprint density at radius 3 is 2.82 bits per heavy atom. The van der Waals surface area contributed by atoms with Crippen molar-refractivity contribution in [3.63, 3.8) is 0 Å². The van der Waals surface area contributed by atoms with Crippen molar-refractivity contribution in [3.05, 3.63) is 58.3 Å². The highest BCUT2D eigenvalue weighted by molar-refractivity contribution is 7.99. The molecule has 2 aromatic rings. The van der Waals surface area contributed by atoms with Crippen molar-refractivity contribution in [2.45, 2.75) is 18.2 Å². The van der Waals surface area contributed by atoms with Gasteiger partial charge in [0.2, 0.25) is 0 Å². The number of rotatable bonds is 3. The summed E-state index contributed by atoms with van der Waals surface area (Å²) in [6, 6.07) is 14.4. The van der Waals surface area contributed by atoms with E-state index in [4.69, 9.17) is 0 Å². The summed E-state index contributed by atoms with van der Waals surface area (Å²) < 4.78 is 0. The molecule has 0 spiro atoms. The lowest BCUT2D eigenvalue weighted by atomic mass is 10.2. The van der Waals surface area contributed by atoms with Crippen LogP contribution in [-0.4, -0.2) is 29.8 Å². The Balaban J connectivity index is 1.51. The first-order valence-corrected chi connectivity index (χ1v) is 9.47. The molecule has 0 radical (unpaired) electrons. The Bertz CT molecular complexity index is 586. The van der Waals surface area contributed by atoms with Gasteiger partial charge in [-0.05, 0) is 23.4 Å². The van der Waals surface area contributed by atoms with Gasteiger partial charge in [-0.1, -0.05) is 36.4 Å². The van der Waals surface area contributed by atoms with Gasteiger partial charge in [-0.25, -0.2) is 4.79 Å². The quantitative estimate of drug-likeness (QED) is 0.916. The largest absolute Gasteiger partial charge is 0.334 e. The molecule has 1 saturated heterocycles. The van der Waals surface area contributed by atoms with Crippen LogP contribution < -0.4 is 5.32 Å². The molecule has 3 nitrogen and oxygen atoms in total. The summed E-state index contributed by atoms with van der Waals surface area (Å²) in [6.07, 6.45) is 1.03. The maximum Gasteiger partial charge on any atom is 0.317 e. The average molecular weight is 332 g/mol. The van der Waals surface area contributed by atoms with E-state index in [1.165, 1.54) is 4.88 Å².